The molecule has 0 spiro atoms. The molecule has 0 aromatic heterocycles. The first-order chi connectivity index (χ1) is 12.3. The van der Waals surface area contributed by atoms with Gasteiger partial charge in [-0.25, -0.2) is 4.79 Å². The van der Waals surface area contributed by atoms with Crippen LogP contribution in [0.3, 0.4) is 0 Å². The lowest BCUT2D eigenvalue weighted by Crippen LogP contribution is -2.51. The van der Waals surface area contributed by atoms with Crippen molar-refractivity contribution < 1.29 is 14.3 Å². The fourth-order valence-corrected chi connectivity index (χ4v) is 3.36. The highest BCUT2D eigenvalue weighted by Crippen LogP contribution is 2.19. The van der Waals surface area contributed by atoms with Crippen molar-refractivity contribution in [3.63, 3.8) is 0 Å². The van der Waals surface area contributed by atoms with Gasteiger partial charge in [0.2, 0.25) is 5.91 Å². The van der Waals surface area contributed by atoms with Crippen LogP contribution in [0.5, 0.6) is 0 Å². The van der Waals surface area contributed by atoms with Crippen molar-refractivity contribution in [3.8, 4) is 0 Å². The van der Waals surface area contributed by atoms with Crippen molar-refractivity contribution in [2.75, 3.05) is 33.3 Å². The Labute approximate surface area is 180 Å². The maximum Gasteiger partial charge on any atom is 0.407 e. The van der Waals surface area contributed by atoms with Gasteiger partial charge < -0.3 is 26.0 Å². The molecule has 0 aromatic rings. The zero-order valence-electron chi connectivity index (χ0n) is 17.0. The largest absolute Gasteiger partial charge is 0.450 e. The van der Waals surface area contributed by atoms with Crippen molar-refractivity contribution in [2.24, 2.45) is 22.6 Å². The van der Waals surface area contributed by atoms with E-state index in [1.54, 1.807) is 14.0 Å². The third kappa shape index (κ3) is 10.6. The molecule has 8 nitrogen and oxygen atoms in total. The number of nitrogens with zero attached hydrogens (tertiary/aromatic N) is 2. The minimum absolute atomic E-state index is 0. The number of rotatable bonds is 8. The van der Waals surface area contributed by atoms with Crippen molar-refractivity contribution in [2.45, 2.75) is 52.5 Å². The first kappa shape index (κ1) is 25.7. The first-order valence-corrected chi connectivity index (χ1v) is 9.52. The molecular weight excluding hydrogens is 461 g/mol. The van der Waals surface area contributed by atoms with Crippen molar-refractivity contribution in [3.05, 3.63) is 0 Å². The van der Waals surface area contributed by atoms with Crippen molar-refractivity contribution in [1.82, 2.24) is 15.5 Å². The number of piperidine rings is 1. The van der Waals surface area contributed by atoms with E-state index in [2.05, 4.69) is 34.4 Å². The van der Waals surface area contributed by atoms with E-state index in [0.29, 0.717) is 25.5 Å². The van der Waals surface area contributed by atoms with E-state index in [-0.39, 0.29) is 41.8 Å². The summed E-state index contributed by atoms with van der Waals surface area (Å²) in [6.45, 7) is 8.61. The molecule has 27 heavy (non-hydrogen) atoms. The summed E-state index contributed by atoms with van der Waals surface area (Å²) in [4.78, 5) is 29.5. The van der Waals surface area contributed by atoms with Gasteiger partial charge in [-0.05, 0) is 38.0 Å². The van der Waals surface area contributed by atoms with Crippen LogP contribution in [0.4, 0.5) is 4.79 Å². The summed E-state index contributed by atoms with van der Waals surface area (Å²) in [7, 11) is 1.75. The Balaban J connectivity index is 0.00000676. The van der Waals surface area contributed by atoms with Crippen LogP contribution in [-0.4, -0.2) is 62.2 Å². The van der Waals surface area contributed by atoms with Crippen LogP contribution in [0.15, 0.2) is 4.99 Å². The van der Waals surface area contributed by atoms with Crippen LogP contribution < -0.4 is 16.4 Å². The van der Waals surface area contributed by atoms with Gasteiger partial charge in [-0.15, -0.1) is 24.0 Å². The lowest BCUT2D eigenvalue weighted by atomic mass is 9.95. The highest BCUT2D eigenvalue weighted by atomic mass is 127. The topological polar surface area (TPSA) is 109 Å². The number of halogens is 1. The number of amides is 2. The van der Waals surface area contributed by atoms with Gasteiger partial charge >= 0.3 is 6.09 Å². The summed E-state index contributed by atoms with van der Waals surface area (Å²) in [5.41, 5.74) is 5.34. The Hall–Kier alpha value is -1.26. The Morgan fingerprint density at radius 3 is 2.63 bits per heavy atom. The van der Waals surface area contributed by atoms with Crippen LogP contribution in [0.25, 0.3) is 0 Å². The second-order valence-electron chi connectivity index (χ2n) is 7.24. The third-order valence-corrected chi connectivity index (χ3v) is 4.38. The molecule has 1 heterocycles. The van der Waals surface area contributed by atoms with Crippen molar-refractivity contribution >= 4 is 41.9 Å². The number of aliphatic imine (C=N–C) groups is 1. The number of ether oxygens (including phenoxy) is 1. The van der Waals surface area contributed by atoms with E-state index >= 15 is 0 Å². The van der Waals surface area contributed by atoms with Gasteiger partial charge in [-0.3, -0.25) is 9.79 Å². The Bertz CT molecular complexity index is 488. The van der Waals surface area contributed by atoms with Gasteiger partial charge in [0.1, 0.15) is 0 Å². The number of hydrogen-bond acceptors (Lipinski definition) is 4. The molecule has 158 valence electrons. The fraction of sp³-hybridized carbons (Fsp3) is 0.833. The fourth-order valence-electron chi connectivity index (χ4n) is 3.36. The number of nitrogens with two attached hydrogens (primary N) is 1. The molecule has 1 aliphatic heterocycles. The molecule has 4 N–H and O–H groups in total. The van der Waals surface area contributed by atoms with E-state index in [4.69, 9.17) is 10.5 Å². The SMILES string of the molecule is CCOC(=O)NC(CNC(=NC)N1CCCC(CC(N)=O)C1)CC(C)C.I. The molecule has 1 rings (SSSR count). The van der Waals surface area contributed by atoms with Crippen LogP contribution >= 0.6 is 24.0 Å². The minimum atomic E-state index is -0.394. The maximum atomic E-state index is 11.8. The summed E-state index contributed by atoms with van der Waals surface area (Å²) < 4.78 is 4.99. The molecule has 0 aliphatic carbocycles. The van der Waals surface area contributed by atoms with Crippen molar-refractivity contribution in [1.29, 1.82) is 0 Å². The normalized spacial score (nSPS) is 18.5. The summed E-state index contributed by atoms with van der Waals surface area (Å²) in [6, 6.07) is -0.0444. The molecule has 1 saturated heterocycles. The molecule has 0 saturated carbocycles. The van der Waals surface area contributed by atoms with E-state index in [9.17, 15) is 9.59 Å². The Kier molecular flexibility index (Phi) is 13.2. The number of nitrogens with one attached hydrogen (secondary N) is 2. The molecule has 0 bridgehead atoms. The summed E-state index contributed by atoms with van der Waals surface area (Å²) >= 11 is 0. The smallest absolute Gasteiger partial charge is 0.407 e. The predicted molar refractivity (Wildman–Crippen MR) is 118 cm³/mol. The van der Waals surface area contributed by atoms with E-state index in [1.807, 2.05) is 0 Å². The number of carbonyl (C=O) groups is 2. The lowest BCUT2D eigenvalue weighted by Gasteiger charge is -2.35. The monoisotopic (exact) mass is 497 g/mol. The molecule has 2 unspecified atom stereocenters. The molecule has 2 amide bonds. The second kappa shape index (κ2) is 13.8. The number of alkyl carbamates (subject to hydrolysis) is 1. The first-order valence-electron chi connectivity index (χ1n) is 9.52. The zero-order chi connectivity index (χ0) is 19.5. The quantitative estimate of drug-likeness (QED) is 0.270. The summed E-state index contributed by atoms with van der Waals surface area (Å²) in [5.74, 6) is 1.25. The highest BCUT2D eigenvalue weighted by Gasteiger charge is 2.24. The van der Waals surface area contributed by atoms with Crippen LogP contribution in [0.2, 0.25) is 0 Å². The molecule has 2 atom stereocenters. The van der Waals surface area contributed by atoms with Gasteiger partial charge in [0.15, 0.2) is 5.96 Å². The van der Waals surface area contributed by atoms with E-state index in [0.717, 1.165) is 38.3 Å². The van der Waals surface area contributed by atoms with Gasteiger partial charge in [-0.2, -0.15) is 0 Å². The summed E-state index contributed by atoms with van der Waals surface area (Å²) in [5, 5.41) is 6.26. The minimum Gasteiger partial charge on any atom is -0.450 e. The number of hydrogen-bond donors (Lipinski definition) is 3. The number of likely N-dealkylation sites (tertiary alicyclic amines) is 1. The van der Waals surface area contributed by atoms with E-state index < -0.39 is 6.09 Å². The van der Waals surface area contributed by atoms with Crippen LogP contribution in [-0.2, 0) is 9.53 Å². The second-order valence-corrected chi connectivity index (χ2v) is 7.24. The summed E-state index contributed by atoms with van der Waals surface area (Å²) in [6.07, 6.45) is 2.88. The number of carbonyl (C=O) groups excluding carboxylic acids is 2. The highest BCUT2D eigenvalue weighted by molar-refractivity contribution is 14.0. The van der Waals surface area contributed by atoms with E-state index in [1.165, 1.54) is 0 Å². The maximum absolute atomic E-state index is 11.8. The molecule has 0 radical (unpaired) electrons. The molecule has 1 fully saturated rings. The van der Waals surface area contributed by atoms with Crippen LogP contribution in [0.1, 0.15) is 46.5 Å². The molecule has 0 aromatic carbocycles. The third-order valence-electron chi connectivity index (χ3n) is 4.38. The number of guanidine groups is 1. The Morgan fingerprint density at radius 1 is 1.37 bits per heavy atom. The average molecular weight is 497 g/mol. The predicted octanol–water partition coefficient (Wildman–Crippen LogP) is 1.93. The Morgan fingerprint density at radius 2 is 2.07 bits per heavy atom. The van der Waals surface area contributed by atoms with Gasteiger partial charge in [0.05, 0.1) is 6.61 Å². The molecule has 9 heteroatoms. The molecular formula is C18H36IN5O3. The van der Waals surface area contributed by atoms with Gasteiger partial charge in [0.25, 0.3) is 0 Å². The molecule has 1 aliphatic rings. The lowest BCUT2D eigenvalue weighted by molar-refractivity contribution is -0.119. The van der Waals surface area contributed by atoms with Gasteiger partial charge in [-0.1, -0.05) is 13.8 Å². The van der Waals surface area contributed by atoms with Gasteiger partial charge in [0, 0.05) is 39.1 Å². The number of primary amides is 1. The standard InChI is InChI=1S/C18H35N5O3.HI/c1-5-26-18(25)22-15(9-13(2)3)11-21-17(20-4)23-8-6-7-14(12-23)10-16(19)24;/h13-15H,5-12H2,1-4H3,(H2,19,24)(H,20,21)(H,22,25);1H. The average Bonchev–Trinajstić information content (AvgIpc) is 2.54. The van der Waals surface area contributed by atoms with Crippen LogP contribution in [0, 0.1) is 11.8 Å². The zero-order valence-corrected chi connectivity index (χ0v) is 19.3.